The minimum absolute atomic E-state index is 0.524. The molecule has 540 valence electrons. The van der Waals surface area contributed by atoms with Crippen LogP contribution in [0.1, 0.15) is 201 Å². The molecule has 12 aromatic rings. The molecule has 0 fully saturated rings. The molecule has 0 saturated carbocycles. The minimum Gasteiger partial charge on any atom is -0.201 e. The Labute approximate surface area is 636 Å². The van der Waals surface area contributed by atoms with Crippen molar-refractivity contribution in [3.8, 4) is 89.5 Å². The minimum atomic E-state index is 0.524. The van der Waals surface area contributed by atoms with Crippen molar-refractivity contribution in [1.82, 2.24) is 0 Å². The van der Waals surface area contributed by atoms with E-state index in [2.05, 4.69) is 355 Å². The van der Waals surface area contributed by atoms with Gasteiger partial charge in [-0.15, -0.1) is 0 Å². The number of nitrogens with zero attached hydrogens (tertiary/aromatic N) is 4. The molecular weight excluding hydrogens is 1280 g/mol. The zero-order valence-corrected chi connectivity index (χ0v) is 68.5. The molecule has 4 heterocycles. The Morgan fingerprint density at radius 2 is 0.660 bits per heavy atom. The molecule has 4 aromatic heterocycles. The third kappa shape index (κ3) is 14.1. The maximum Gasteiger partial charge on any atom is 0.213 e. The number of aromatic nitrogens is 4. The van der Waals surface area contributed by atoms with Crippen molar-refractivity contribution in [2.24, 2.45) is 40.0 Å². The zero-order valence-electron chi connectivity index (χ0n) is 68.5. The summed E-state index contributed by atoms with van der Waals surface area (Å²) in [6.45, 7) is 45.1. The number of aryl methyl sites for hydroxylation is 16. The second-order valence-electron chi connectivity index (χ2n) is 33.6. The van der Waals surface area contributed by atoms with Crippen molar-refractivity contribution in [2.75, 3.05) is 0 Å². The van der Waals surface area contributed by atoms with Gasteiger partial charge in [0, 0.05) is 46.5 Å². The number of hydrogen-bond acceptors (Lipinski definition) is 0. The van der Waals surface area contributed by atoms with E-state index in [1.165, 1.54) is 217 Å². The van der Waals surface area contributed by atoms with Crippen molar-refractivity contribution in [1.29, 1.82) is 0 Å². The van der Waals surface area contributed by atoms with Gasteiger partial charge in [-0.3, -0.25) is 0 Å². The smallest absolute Gasteiger partial charge is 0.201 e. The predicted octanol–water partition coefficient (Wildman–Crippen LogP) is 23.3. The maximum absolute atomic E-state index is 2.44. The summed E-state index contributed by atoms with van der Waals surface area (Å²) in [6.07, 6.45) is 15.5. The molecule has 106 heavy (non-hydrogen) atoms. The second-order valence-corrected chi connectivity index (χ2v) is 33.6. The Morgan fingerprint density at radius 3 is 1.16 bits per heavy atom. The number of fused-ring (bicyclic) bond motifs is 12. The summed E-state index contributed by atoms with van der Waals surface area (Å²) < 4.78 is 9.17. The summed E-state index contributed by atoms with van der Waals surface area (Å²) in [4.78, 5) is 0. The fourth-order valence-corrected chi connectivity index (χ4v) is 18.0. The molecule has 0 amide bonds. The second kappa shape index (κ2) is 30.0. The zero-order chi connectivity index (χ0) is 75.8. The number of hydrogen-bond donors (Lipinski definition) is 0. The quantitative estimate of drug-likeness (QED) is 0.121. The summed E-state index contributed by atoms with van der Waals surface area (Å²) in [5.74, 6) is 2.44. The first kappa shape index (κ1) is 74.6. The van der Waals surface area contributed by atoms with E-state index in [9.17, 15) is 0 Å². The first-order valence-electron chi connectivity index (χ1n) is 39.3. The molecule has 0 saturated heterocycles. The Bertz CT molecular complexity index is 5490. The number of benzene rings is 8. The van der Waals surface area contributed by atoms with Crippen LogP contribution in [0.4, 0.5) is 0 Å². The number of pyridine rings is 4. The lowest BCUT2D eigenvalue weighted by Crippen LogP contribution is -2.32. The van der Waals surface area contributed by atoms with Gasteiger partial charge in [0.05, 0.1) is 22.3 Å². The Balaban J connectivity index is 0.000000125. The van der Waals surface area contributed by atoms with E-state index in [1.54, 1.807) is 5.56 Å². The van der Waals surface area contributed by atoms with Crippen molar-refractivity contribution in [3.05, 3.63) is 304 Å². The molecule has 4 aliphatic carbocycles. The maximum atomic E-state index is 2.44. The monoisotopic (exact) mass is 1400 g/mol. The third-order valence-electron chi connectivity index (χ3n) is 24.0. The van der Waals surface area contributed by atoms with E-state index >= 15 is 0 Å². The van der Waals surface area contributed by atoms with Crippen LogP contribution in [0.2, 0.25) is 0 Å². The van der Waals surface area contributed by atoms with Gasteiger partial charge in [0.2, 0.25) is 22.8 Å². The van der Waals surface area contributed by atoms with Gasteiger partial charge < -0.3 is 0 Å². The lowest BCUT2D eigenvalue weighted by Gasteiger charge is -2.18. The average molecular weight is 1400 g/mol. The van der Waals surface area contributed by atoms with E-state index in [4.69, 9.17) is 0 Å². The van der Waals surface area contributed by atoms with E-state index in [0.29, 0.717) is 23.7 Å². The van der Waals surface area contributed by atoms with E-state index in [-0.39, 0.29) is 0 Å². The van der Waals surface area contributed by atoms with Gasteiger partial charge in [-0.25, -0.2) is 18.3 Å². The van der Waals surface area contributed by atoms with Crippen LogP contribution < -0.4 is 18.3 Å². The molecule has 4 nitrogen and oxygen atoms in total. The molecule has 0 bridgehead atoms. The molecule has 0 aliphatic heterocycles. The highest BCUT2D eigenvalue weighted by Gasteiger charge is 2.34. The summed E-state index contributed by atoms with van der Waals surface area (Å²) in [6, 6.07) is 55.5. The molecule has 16 rings (SSSR count). The van der Waals surface area contributed by atoms with Gasteiger partial charge >= 0.3 is 0 Å². The predicted molar refractivity (Wildman–Crippen MR) is 447 cm³/mol. The highest BCUT2D eigenvalue weighted by atomic mass is 14.9. The molecule has 0 atom stereocenters. The Hall–Kier alpha value is -9.64. The Morgan fingerprint density at radius 1 is 0.264 bits per heavy atom. The summed E-state index contributed by atoms with van der Waals surface area (Å²) in [5.41, 5.74) is 56.7. The van der Waals surface area contributed by atoms with Crippen molar-refractivity contribution >= 4 is 0 Å². The van der Waals surface area contributed by atoms with Gasteiger partial charge in [-0.1, -0.05) is 177 Å². The van der Waals surface area contributed by atoms with Gasteiger partial charge in [0.1, 0.15) is 28.2 Å². The summed E-state index contributed by atoms with van der Waals surface area (Å²) >= 11 is 0. The van der Waals surface area contributed by atoms with Crippen LogP contribution in [-0.4, -0.2) is 0 Å². The van der Waals surface area contributed by atoms with Gasteiger partial charge in [-0.05, 0) is 301 Å². The van der Waals surface area contributed by atoms with Gasteiger partial charge in [-0.2, -0.15) is 0 Å². The van der Waals surface area contributed by atoms with Crippen LogP contribution in [0, 0.1) is 94.9 Å². The summed E-state index contributed by atoms with van der Waals surface area (Å²) in [7, 11) is 8.69. The highest BCUT2D eigenvalue weighted by Crippen LogP contribution is 2.50. The molecule has 0 spiro atoms. The van der Waals surface area contributed by atoms with Crippen LogP contribution in [0.5, 0.6) is 0 Å². The van der Waals surface area contributed by atoms with Crippen LogP contribution in [0.25, 0.3) is 89.5 Å². The SMILES string of the molecule is Cc1cc(-c2c(C)cc(C(C)C)c3c2Cc2ccccc2-3)[n+](C)cc1C.Cc1cc(-c2c(C)ccc3c2Cc2c(CC(C)C)cccc2-3)[n+](C)cc1C.Cc1cc(-c2c(C)ccc3c2Cc2cc(CC(C)C)ccc2-3)[n+](C)cc1C.Cc1cc(-c2c(C)ccc3c2Cc2cccc(C(C)C)c2-3)[n+](C)cc1C. The van der Waals surface area contributed by atoms with Crippen LogP contribution >= 0.6 is 0 Å². The topological polar surface area (TPSA) is 15.5 Å². The largest absolute Gasteiger partial charge is 0.213 e. The van der Waals surface area contributed by atoms with Crippen molar-refractivity contribution in [2.45, 2.75) is 189 Å². The lowest BCUT2D eigenvalue weighted by atomic mass is 9.85. The standard InChI is InChI=1S/2C26H30N.2C25H28N/c1-16(2)11-20-8-10-22-21(13-20)14-24-23(22)9-7-17(3)26(24)25-12-18(4)19(5)15-27(25)6;1-16(2)12-20-8-7-9-21-22-11-10-17(3)26(24(22)14-23(20)21)25-13-18(4)19(5)15-27(25)6;1-15(2)20-9-7-8-19-13-22-21(25(19)20)11-10-16(3)24(22)23-12-17(4)18(5)14-26(23)6;1-15(2)21-11-17(4)24(23-12-16(3)18(5)14-26(23)6)22-13-19-9-7-8-10-20(19)25(21)22/h7-10,12-13,15-16H,11,14H2,1-6H3;7-11,13,15-16H,12,14H2,1-6H3;2*7-12,14-15H,13H2,1-6H3/q4*+1. The van der Waals surface area contributed by atoms with Crippen molar-refractivity contribution < 1.29 is 18.3 Å². The van der Waals surface area contributed by atoms with Crippen LogP contribution in [0.15, 0.2) is 170 Å². The Kier molecular flexibility index (Phi) is 21.1. The molecule has 0 N–H and O–H groups in total. The average Bonchev–Trinajstić information content (AvgIpc) is 1.61. The van der Waals surface area contributed by atoms with E-state index < -0.39 is 0 Å². The lowest BCUT2D eigenvalue weighted by molar-refractivity contribution is -0.660. The van der Waals surface area contributed by atoms with E-state index in [0.717, 1.165) is 38.5 Å². The molecule has 4 aliphatic rings. The third-order valence-corrected chi connectivity index (χ3v) is 24.0. The molecule has 4 heteroatoms. The molecular formula is C102H116N4+4. The van der Waals surface area contributed by atoms with Crippen LogP contribution in [-0.2, 0) is 66.7 Å². The van der Waals surface area contributed by atoms with Gasteiger partial charge in [0.25, 0.3) is 0 Å². The first-order valence-corrected chi connectivity index (χ1v) is 39.3. The summed E-state index contributed by atoms with van der Waals surface area (Å²) in [5, 5.41) is 0. The van der Waals surface area contributed by atoms with Crippen LogP contribution in [0.3, 0.4) is 0 Å². The highest BCUT2D eigenvalue weighted by molar-refractivity contribution is 5.90. The normalized spacial score (nSPS) is 12.4. The van der Waals surface area contributed by atoms with E-state index in [1.807, 2.05) is 0 Å². The first-order chi connectivity index (χ1) is 50.5. The fraction of sp³-hybridized carbons (Fsp3) is 0.333. The molecule has 0 radical (unpaired) electrons. The fourth-order valence-electron chi connectivity index (χ4n) is 18.0. The number of rotatable bonds is 10. The van der Waals surface area contributed by atoms with Crippen molar-refractivity contribution in [3.63, 3.8) is 0 Å². The molecule has 8 aromatic carbocycles. The van der Waals surface area contributed by atoms with Gasteiger partial charge in [0.15, 0.2) is 24.8 Å². The molecule has 0 unspecified atom stereocenters.